The molecule has 1 saturated heterocycles. The van der Waals surface area contributed by atoms with Crippen molar-refractivity contribution in [1.29, 1.82) is 0 Å². The molecular formula is C9H19NO5S2. The molecule has 102 valence electrons. The number of hydrogen-bond donors (Lipinski definition) is 1. The maximum absolute atomic E-state index is 11.3. The summed E-state index contributed by atoms with van der Waals surface area (Å²) >= 11 is 0. The van der Waals surface area contributed by atoms with E-state index >= 15 is 0 Å². The van der Waals surface area contributed by atoms with Crippen LogP contribution in [0.15, 0.2) is 0 Å². The molecule has 0 bridgehead atoms. The average Bonchev–Trinajstić information content (AvgIpc) is 2.15. The summed E-state index contributed by atoms with van der Waals surface area (Å²) in [7, 11) is -6.96. The van der Waals surface area contributed by atoms with E-state index in [1.54, 1.807) is 0 Å². The lowest BCUT2D eigenvalue weighted by atomic mass is 9.94. The van der Waals surface area contributed by atoms with Crippen LogP contribution in [0.5, 0.6) is 0 Å². The molecule has 1 N–H and O–H groups in total. The highest BCUT2D eigenvalue weighted by molar-refractivity contribution is 7.88. The van der Waals surface area contributed by atoms with Crippen LogP contribution in [0.3, 0.4) is 0 Å². The van der Waals surface area contributed by atoms with Gasteiger partial charge in [0.2, 0.25) is 10.0 Å². The average molecular weight is 285 g/mol. The van der Waals surface area contributed by atoms with E-state index in [-0.39, 0.29) is 5.75 Å². The van der Waals surface area contributed by atoms with E-state index in [4.69, 9.17) is 4.55 Å². The van der Waals surface area contributed by atoms with Crippen LogP contribution in [0.2, 0.25) is 0 Å². The van der Waals surface area contributed by atoms with Crippen molar-refractivity contribution >= 4 is 20.1 Å². The van der Waals surface area contributed by atoms with Gasteiger partial charge in [0.05, 0.1) is 12.0 Å². The van der Waals surface area contributed by atoms with Crippen molar-refractivity contribution < 1.29 is 21.4 Å². The minimum atomic E-state index is -3.87. The molecule has 1 aliphatic heterocycles. The molecule has 0 saturated carbocycles. The molecule has 0 unspecified atom stereocenters. The Balaban J connectivity index is 2.29. The van der Waals surface area contributed by atoms with Gasteiger partial charge in [-0.1, -0.05) is 0 Å². The monoisotopic (exact) mass is 285 g/mol. The minimum Gasteiger partial charge on any atom is -0.286 e. The second kappa shape index (κ2) is 5.64. The molecule has 0 radical (unpaired) electrons. The summed E-state index contributed by atoms with van der Waals surface area (Å²) in [6.45, 7) is 1.02. The normalized spacial score (nSPS) is 20.6. The van der Waals surface area contributed by atoms with Gasteiger partial charge in [-0.2, -0.15) is 8.42 Å². The number of nitrogens with zero attached hydrogens (tertiary/aromatic N) is 1. The summed E-state index contributed by atoms with van der Waals surface area (Å²) in [6, 6.07) is 0. The minimum absolute atomic E-state index is 0.209. The number of sulfonamides is 1. The molecule has 0 aliphatic carbocycles. The highest BCUT2D eigenvalue weighted by Crippen LogP contribution is 2.23. The fourth-order valence-electron chi connectivity index (χ4n) is 2.08. The third-order valence-corrected chi connectivity index (χ3v) is 5.16. The standard InChI is InChI=1S/C9H19NO5S2/c1-16(11,12)10-6-4-9(5-7-10)3-2-8-17(13,14)15/h9H,2-8H2,1H3,(H,13,14,15). The van der Waals surface area contributed by atoms with Gasteiger partial charge in [0.25, 0.3) is 10.1 Å². The first-order valence-corrected chi connectivity index (χ1v) is 9.04. The SMILES string of the molecule is CS(=O)(=O)N1CCC(CCCS(=O)(=O)O)CC1. The van der Waals surface area contributed by atoms with Crippen molar-refractivity contribution in [2.45, 2.75) is 25.7 Å². The lowest BCUT2D eigenvalue weighted by Crippen LogP contribution is -2.37. The Morgan fingerprint density at radius 1 is 1.18 bits per heavy atom. The summed E-state index contributed by atoms with van der Waals surface area (Å²) < 4.78 is 53.6. The van der Waals surface area contributed by atoms with Gasteiger partial charge in [0.1, 0.15) is 0 Å². The molecule has 8 heteroatoms. The van der Waals surface area contributed by atoms with E-state index in [1.807, 2.05) is 0 Å². The van der Waals surface area contributed by atoms with Gasteiger partial charge in [0.15, 0.2) is 0 Å². The first kappa shape index (κ1) is 14.9. The quantitative estimate of drug-likeness (QED) is 0.735. The maximum atomic E-state index is 11.3. The molecule has 0 atom stereocenters. The smallest absolute Gasteiger partial charge is 0.264 e. The molecule has 1 fully saturated rings. The predicted molar refractivity (Wildman–Crippen MR) is 64.8 cm³/mol. The molecule has 0 aromatic heterocycles. The molecule has 0 amide bonds. The molecule has 1 heterocycles. The van der Waals surface area contributed by atoms with E-state index in [9.17, 15) is 16.8 Å². The van der Waals surface area contributed by atoms with Crippen molar-refractivity contribution in [3.05, 3.63) is 0 Å². The zero-order valence-corrected chi connectivity index (χ0v) is 11.5. The van der Waals surface area contributed by atoms with Crippen LogP contribution in [-0.4, -0.2) is 50.8 Å². The molecular weight excluding hydrogens is 266 g/mol. The van der Waals surface area contributed by atoms with Crippen LogP contribution < -0.4 is 0 Å². The van der Waals surface area contributed by atoms with Gasteiger partial charge < -0.3 is 0 Å². The highest BCUT2D eigenvalue weighted by atomic mass is 32.2. The van der Waals surface area contributed by atoms with Gasteiger partial charge in [0, 0.05) is 13.1 Å². The summed E-state index contributed by atoms with van der Waals surface area (Å²) in [5.74, 6) is 0.147. The van der Waals surface area contributed by atoms with E-state index in [0.717, 1.165) is 19.3 Å². The van der Waals surface area contributed by atoms with Crippen LogP contribution in [0.1, 0.15) is 25.7 Å². The van der Waals surface area contributed by atoms with Crippen molar-refractivity contribution in [1.82, 2.24) is 4.31 Å². The van der Waals surface area contributed by atoms with Crippen LogP contribution in [0, 0.1) is 5.92 Å². The van der Waals surface area contributed by atoms with E-state index in [2.05, 4.69) is 0 Å². The zero-order chi connectivity index (χ0) is 13.1. The van der Waals surface area contributed by atoms with Crippen LogP contribution in [-0.2, 0) is 20.1 Å². The van der Waals surface area contributed by atoms with Crippen molar-refractivity contribution in [2.75, 3.05) is 25.1 Å². The third kappa shape index (κ3) is 5.80. The lowest BCUT2D eigenvalue weighted by Gasteiger charge is -2.30. The third-order valence-electron chi connectivity index (χ3n) is 3.06. The molecule has 1 rings (SSSR count). The summed E-state index contributed by atoms with van der Waals surface area (Å²) in [6.07, 6.45) is 3.88. The molecule has 17 heavy (non-hydrogen) atoms. The molecule has 1 aliphatic rings. The Kier molecular flexibility index (Phi) is 4.94. The number of piperidine rings is 1. The topological polar surface area (TPSA) is 91.8 Å². The van der Waals surface area contributed by atoms with Crippen LogP contribution in [0.4, 0.5) is 0 Å². The Morgan fingerprint density at radius 2 is 1.71 bits per heavy atom. The molecule has 0 aromatic carbocycles. The van der Waals surface area contributed by atoms with Crippen molar-refractivity contribution in [3.8, 4) is 0 Å². The summed E-state index contributed by atoms with van der Waals surface area (Å²) in [4.78, 5) is 0. The fourth-order valence-corrected chi connectivity index (χ4v) is 3.49. The number of rotatable bonds is 5. The largest absolute Gasteiger partial charge is 0.286 e. The van der Waals surface area contributed by atoms with Crippen molar-refractivity contribution in [2.24, 2.45) is 5.92 Å². The van der Waals surface area contributed by atoms with Gasteiger partial charge in [-0.3, -0.25) is 4.55 Å². The Bertz CT molecular complexity index is 431. The molecule has 6 nitrogen and oxygen atoms in total. The predicted octanol–water partition coefficient (Wildman–Crippen LogP) is 0.326. The highest BCUT2D eigenvalue weighted by Gasteiger charge is 2.24. The maximum Gasteiger partial charge on any atom is 0.264 e. The van der Waals surface area contributed by atoms with Crippen molar-refractivity contribution in [3.63, 3.8) is 0 Å². The second-order valence-electron chi connectivity index (χ2n) is 4.53. The Morgan fingerprint density at radius 3 is 2.12 bits per heavy atom. The van der Waals surface area contributed by atoms with Gasteiger partial charge in [-0.25, -0.2) is 12.7 Å². The number of hydrogen-bond acceptors (Lipinski definition) is 4. The fraction of sp³-hybridized carbons (Fsp3) is 1.00. The first-order valence-electron chi connectivity index (χ1n) is 5.59. The van der Waals surface area contributed by atoms with E-state index in [1.165, 1.54) is 10.6 Å². The Hall–Kier alpha value is -0.180. The lowest BCUT2D eigenvalue weighted by molar-refractivity contribution is 0.263. The van der Waals surface area contributed by atoms with E-state index in [0.29, 0.717) is 25.4 Å². The second-order valence-corrected chi connectivity index (χ2v) is 8.09. The molecule has 0 spiro atoms. The molecule has 0 aromatic rings. The Labute approximate surface area is 103 Å². The summed E-state index contributed by atoms with van der Waals surface area (Å²) in [5, 5.41) is 0. The van der Waals surface area contributed by atoms with Gasteiger partial charge in [-0.05, 0) is 31.6 Å². The van der Waals surface area contributed by atoms with Crippen LogP contribution in [0.25, 0.3) is 0 Å². The van der Waals surface area contributed by atoms with Gasteiger partial charge >= 0.3 is 0 Å². The summed E-state index contributed by atoms with van der Waals surface area (Å²) in [5.41, 5.74) is 0. The zero-order valence-electron chi connectivity index (χ0n) is 9.87. The van der Waals surface area contributed by atoms with E-state index < -0.39 is 20.1 Å². The van der Waals surface area contributed by atoms with Crippen LogP contribution >= 0.6 is 0 Å². The van der Waals surface area contributed by atoms with Gasteiger partial charge in [-0.15, -0.1) is 0 Å². The first-order chi connectivity index (χ1) is 7.68.